The fourth-order valence-corrected chi connectivity index (χ4v) is 3.18. The average molecular weight is 256 g/mol. The standard InChI is InChI=1S/C14H28N2O2/c1-17-11-12-18-10-3-2-7-15-13-6-9-16-8-4-5-14(13)16/h13-15H,2-12H2,1H3. The molecule has 0 aromatic rings. The number of nitrogens with one attached hydrogen (secondary N) is 1. The number of ether oxygens (including phenoxy) is 2. The molecule has 2 atom stereocenters. The fraction of sp³-hybridized carbons (Fsp3) is 1.00. The van der Waals surface area contributed by atoms with Gasteiger partial charge in [0.1, 0.15) is 0 Å². The summed E-state index contributed by atoms with van der Waals surface area (Å²) in [5.74, 6) is 0. The van der Waals surface area contributed by atoms with Crippen LogP contribution in [0.1, 0.15) is 32.1 Å². The Morgan fingerprint density at radius 3 is 2.94 bits per heavy atom. The van der Waals surface area contributed by atoms with Gasteiger partial charge in [0.05, 0.1) is 13.2 Å². The highest BCUT2D eigenvalue weighted by molar-refractivity contribution is 4.95. The Morgan fingerprint density at radius 2 is 2.06 bits per heavy atom. The molecule has 2 rings (SSSR count). The third-order valence-corrected chi connectivity index (χ3v) is 4.16. The monoisotopic (exact) mass is 256 g/mol. The van der Waals surface area contributed by atoms with E-state index >= 15 is 0 Å². The molecule has 0 aromatic carbocycles. The third kappa shape index (κ3) is 4.19. The lowest BCUT2D eigenvalue weighted by Crippen LogP contribution is -2.39. The number of nitrogens with zero attached hydrogens (tertiary/aromatic N) is 1. The fourth-order valence-electron chi connectivity index (χ4n) is 3.18. The molecule has 4 heteroatoms. The van der Waals surface area contributed by atoms with Gasteiger partial charge in [0.2, 0.25) is 0 Å². The van der Waals surface area contributed by atoms with E-state index in [0.29, 0.717) is 6.61 Å². The van der Waals surface area contributed by atoms with Gasteiger partial charge in [-0.25, -0.2) is 0 Å². The molecular formula is C14H28N2O2. The number of unbranched alkanes of at least 4 members (excludes halogenated alkanes) is 1. The molecule has 0 saturated carbocycles. The number of fused-ring (bicyclic) bond motifs is 1. The molecule has 0 radical (unpaired) electrons. The van der Waals surface area contributed by atoms with E-state index in [4.69, 9.17) is 9.47 Å². The highest BCUT2D eigenvalue weighted by Gasteiger charge is 2.36. The number of hydrogen-bond acceptors (Lipinski definition) is 4. The molecule has 0 aromatic heterocycles. The van der Waals surface area contributed by atoms with Crippen LogP contribution in [0.25, 0.3) is 0 Å². The lowest BCUT2D eigenvalue weighted by Gasteiger charge is -2.21. The van der Waals surface area contributed by atoms with Crippen molar-refractivity contribution in [1.82, 2.24) is 10.2 Å². The Kier molecular flexibility index (Phi) is 6.41. The van der Waals surface area contributed by atoms with Gasteiger partial charge >= 0.3 is 0 Å². The summed E-state index contributed by atoms with van der Waals surface area (Å²) in [6.45, 7) is 6.08. The highest BCUT2D eigenvalue weighted by Crippen LogP contribution is 2.27. The Morgan fingerprint density at radius 1 is 1.11 bits per heavy atom. The third-order valence-electron chi connectivity index (χ3n) is 4.16. The van der Waals surface area contributed by atoms with Crippen molar-refractivity contribution in [2.24, 2.45) is 0 Å². The maximum Gasteiger partial charge on any atom is 0.0700 e. The normalized spacial score (nSPS) is 27.8. The van der Waals surface area contributed by atoms with Gasteiger partial charge in [0.25, 0.3) is 0 Å². The van der Waals surface area contributed by atoms with Crippen molar-refractivity contribution in [3.8, 4) is 0 Å². The SMILES string of the molecule is COCCOCCCCNC1CCN2CCCC12. The van der Waals surface area contributed by atoms with Gasteiger partial charge in [-0.2, -0.15) is 0 Å². The van der Waals surface area contributed by atoms with Gasteiger partial charge in [-0.05, 0) is 45.2 Å². The largest absolute Gasteiger partial charge is 0.382 e. The molecule has 106 valence electrons. The second-order valence-electron chi connectivity index (χ2n) is 5.41. The van der Waals surface area contributed by atoms with Crippen LogP contribution in [0.3, 0.4) is 0 Å². The summed E-state index contributed by atoms with van der Waals surface area (Å²) in [5, 5.41) is 3.73. The molecule has 0 bridgehead atoms. The molecule has 2 fully saturated rings. The quantitative estimate of drug-likeness (QED) is 0.630. The second kappa shape index (κ2) is 8.10. The average Bonchev–Trinajstić information content (AvgIpc) is 2.96. The summed E-state index contributed by atoms with van der Waals surface area (Å²) in [5.41, 5.74) is 0. The van der Waals surface area contributed by atoms with Crippen LogP contribution in [0.2, 0.25) is 0 Å². The maximum atomic E-state index is 5.45. The number of rotatable bonds is 9. The lowest BCUT2D eigenvalue weighted by atomic mass is 10.1. The molecule has 0 spiro atoms. The minimum Gasteiger partial charge on any atom is -0.382 e. The molecule has 2 aliphatic heterocycles. The minimum atomic E-state index is 0.706. The van der Waals surface area contributed by atoms with Crippen LogP contribution in [0, 0.1) is 0 Å². The predicted molar refractivity (Wildman–Crippen MR) is 72.9 cm³/mol. The molecule has 18 heavy (non-hydrogen) atoms. The van der Waals surface area contributed by atoms with Crippen molar-refractivity contribution in [3.05, 3.63) is 0 Å². The summed E-state index contributed by atoms with van der Waals surface area (Å²) in [4.78, 5) is 2.66. The Balaban J connectivity index is 1.44. The van der Waals surface area contributed by atoms with E-state index in [1.807, 2.05) is 0 Å². The van der Waals surface area contributed by atoms with E-state index in [0.717, 1.165) is 38.3 Å². The maximum absolute atomic E-state index is 5.45. The van der Waals surface area contributed by atoms with E-state index in [9.17, 15) is 0 Å². The molecule has 4 nitrogen and oxygen atoms in total. The summed E-state index contributed by atoms with van der Waals surface area (Å²) in [7, 11) is 1.71. The summed E-state index contributed by atoms with van der Waals surface area (Å²) in [6, 6.07) is 1.59. The first-order valence-electron chi connectivity index (χ1n) is 7.46. The molecule has 1 N–H and O–H groups in total. The van der Waals surface area contributed by atoms with E-state index in [1.165, 1.54) is 38.8 Å². The van der Waals surface area contributed by atoms with Gasteiger partial charge in [-0.3, -0.25) is 4.90 Å². The van der Waals surface area contributed by atoms with Gasteiger partial charge in [0, 0.05) is 32.3 Å². The molecule has 0 aliphatic carbocycles. The molecule has 2 heterocycles. The number of methoxy groups -OCH3 is 1. The Bertz CT molecular complexity index is 226. The lowest BCUT2D eigenvalue weighted by molar-refractivity contribution is 0.0687. The van der Waals surface area contributed by atoms with Gasteiger partial charge in [-0.1, -0.05) is 0 Å². The van der Waals surface area contributed by atoms with Crippen molar-refractivity contribution in [2.45, 2.75) is 44.2 Å². The molecule has 2 saturated heterocycles. The van der Waals surface area contributed by atoms with Crippen molar-refractivity contribution in [2.75, 3.05) is 46.6 Å². The van der Waals surface area contributed by atoms with Crippen LogP contribution in [-0.4, -0.2) is 63.5 Å². The van der Waals surface area contributed by atoms with Crippen LogP contribution in [0.4, 0.5) is 0 Å². The van der Waals surface area contributed by atoms with Crippen LogP contribution in [-0.2, 0) is 9.47 Å². The smallest absolute Gasteiger partial charge is 0.0700 e. The highest BCUT2D eigenvalue weighted by atomic mass is 16.5. The first-order chi connectivity index (χ1) is 8.92. The van der Waals surface area contributed by atoms with Crippen molar-refractivity contribution < 1.29 is 9.47 Å². The molecule has 0 amide bonds. The van der Waals surface area contributed by atoms with Gasteiger partial charge < -0.3 is 14.8 Å². The Hall–Kier alpha value is -0.160. The van der Waals surface area contributed by atoms with Crippen LogP contribution in [0.15, 0.2) is 0 Å². The number of hydrogen-bond donors (Lipinski definition) is 1. The molecule has 2 unspecified atom stereocenters. The van der Waals surface area contributed by atoms with E-state index in [1.54, 1.807) is 7.11 Å². The topological polar surface area (TPSA) is 33.7 Å². The predicted octanol–water partition coefficient (Wildman–Crippen LogP) is 1.26. The minimum absolute atomic E-state index is 0.706. The first-order valence-corrected chi connectivity index (χ1v) is 7.46. The molecular weight excluding hydrogens is 228 g/mol. The van der Waals surface area contributed by atoms with Crippen LogP contribution in [0.5, 0.6) is 0 Å². The van der Waals surface area contributed by atoms with E-state index < -0.39 is 0 Å². The Labute approximate surface area is 111 Å². The van der Waals surface area contributed by atoms with Crippen molar-refractivity contribution in [1.29, 1.82) is 0 Å². The van der Waals surface area contributed by atoms with Gasteiger partial charge in [0.15, 0.2) is 0 Å². The zero-order valence-electron chi connectivity index (χ0n) is 11.7. The van der Waals surface area contributed by atoms with Crippen molar-refractivity contribution in [3.63, 3.8) is 0 Å². The van der Waals surface area contributed by atoms with E-state index in [-0.39, 0.29) is 0 Å². The van der Waals surface area contributed by atoms with Crippen LogP contribution >= 0.6 is 0 Å². The zero-order chi connectivity index (χ0) is 12.6. The second-order valence-corrected chi connectivity index (χ2v) is 5.41. The molecule has 2 aliphatic rings. The van der Waals surface area contributed by atoms with Crippen LogP contribution < -0.4 is 5.32 Å². The first kappa shape index (κ1) is 14.3. The summed E-state index contributed by atoms with van der Waals surface area (Å²) < 4.78 is 10.4. The summed E-state index contributed by atoms with van der Waals surface area (Å²) in [6.07, 6.45) is 6.51. The van der Waals surface area contributed by atoms with Gasteiger partial charge in [-0.15, -0.1) is 0 Å². The zero-order valence-corrected chi connectivity index (χ0v) is 11.7. The van der Waals surface area contributed by atoms with Crippen molar-refractivity contribution >= 4 is 0 Å². The van der Waals surface area contributed by atoms with E-state index in [2.05, 4.69) is 10.2 Å². The summed E-state index contributed by atoms with van der Waals surface area (Å²) >= 11 is 0.